The summed E-state index contributed by atoms with van der Waals surface area (Å²) in [5, 5.41) is 0. The first-order valence-electron chi connectivity index (χ1n) is 7.42. The molecule has 1 saturated carbocycles. The van der Waals surface area contributed by atoms with Crippen molar-refractivity contribution in [2.24, 2.45) is 0 Å². The number of benzene rings is 1. The number of rotatable bonds is 2. The fourth-order valence-corrected chi connectivity index (χ4v) is 2.49. The van der Waals surface area contributed by atoms with Gasteiger partial charge in [0.25, 0.3) is 0 Å². The summed E-state index contributed by atoms with van der Waals surface area (Å²) in [5.74, 6) is 1.03. The second kappa shape index (κ2) is 7.45. The van der Waals surface area contributed by atoms with E-state index < -0.39 is 0 Å². The van der Waals surface area contributed by atoms with Crippen LogP contribution >= 0.6 is 0 Å². The van der Waals surface area contributed by atoms with E-state index in [0.29, 0.717) is 11.8 Å². The summed E-state index contributed by atoms with van der Waals surface area (Å²) in [4.78, 5) is 0. The summed E-state index contributed by atoms with van der Waals surface area (Å²) in [6.45, 7) is 8.71. The summed E-state index contributed by atoms with van der Waals surface area (Å²) in [6, 6.07) is 6.33. The number of hydrogen-bond acceptors (Lipinski definition) is 1. The molecule has 18 heavy (non-hydrogen) atoms. The minimum atomic E-state index is 0.513. The molecule has 0 aliphatic heterocycles. The molecule has 1 fully saturated rings. The lowest BCUT2D eigenvalue weighted by molar-refractivity contribution is 0.840. The molecule has 0 aromatic heterocycles. The third kappa shape index (κ3) is 4.36. The number of nitrogens with two attached hydrogens (primary N) is 1. The highest BCUT2D eigenvalue weighted by molar-refractivity contribution is 5.56. The normalized spacial score (nSPS) is 14.8. The monoisotopic (exact) mass is 247 g/mol. The lowest BCUT2D eigenvalue weighted by Crippen LogP contribution is -2.02. The van der Waals surface area contributed by atoms with Crippen LogP contribution in [0.1, 0.15) is 82.8 Å². The van der Waals surface area contributed by atoms with Gasteiger partial charge in [-0.1, -0.05) is 78.0 Å². The van der Waals surface area contributed by atoms with Gasteiger partial charge in [0.05, 0.1) is 0 Å². The standard InChI is InChI=1S/C12H19N.C5H10/c1-8(2)10-6-5-7-11(9(3)4)12(10)13;1-2-4-5-3-1/h5-9H,13H2,1-4H3;1-5H2. The highest BCUT2D eigenvalue weighted by Gasteiger charge is 2.09. The molecule has 0 unspecified atom stereocenters. The molecule has 0 radical (unpaired) electrons. The van der Waals surface area contributed by atoms with Crippen LogP contribution in [0.25, 0.3) is 0 Å². The molecule has 0 spiro atoms. The Morgan fingerprint density at radius 1 is 0.778 bits per heavy atom. The van der Waals surface area contributed by atoms with Gasteiger partial charge in [0.1, 0.15) is 0 Å². The quantitative estimate of drug-likeness (QED) is 0.689. The van der Waals surface area contributed by atoms with Crippen molar-refractivity contribution < 1.29 is 0 Å². The zero-order valence-electron chi connectivity index (χ0n) is 12.5. The molecule has 0 heterocycles. The van der Waals surface area contributed by atoms with Gasteiger partial charge >= 0.3 is 0 Å². The maximum atomic E-state index is 6.09. The van der Waals surface area contributed by atoms with Crippen LogP contribution in [0.15, 0.2) is 18.2 Å². The van der Waals surface area contributed by atoms with Crippen LogP contribution in [0.4, 0.5) is 5.69 Å². The lowest BCUT2D eigenvalue weighted by Gasteiger charge is -2.15. The van der Waals surface area contributed by atoms with Gasteiger partial charge in [0.15, 0.2) is 0 Å². The van der Waals surface area contributed by atoms with Crippen LogP contribution < -0.4 is 5.73 Å². The van der Waals surface area contributed by atoms with Crippen LogP contribution in [0.5, 0.6) is 0 Å². The van der Waals surface area contributed by atoms with E-state index in [9.17, 15) is 0 Å². The molecular weight excluding hydrogens is 218 g/mol. The molecule has 1 nitrogen and oxygen atoms in total. The Kier molecular flexibility index (Phi) is 6.24. The second-order valence-electron chi connectivity index (χ2n) is 5.93. The Hall–Kier alpha value is -0.980. The van der Waals surface area contributed by atoms with Gasteiger partial charge in [-0.3, -0.25) is 0 Å². The molecule has 0 bridgehead atoms. The highest BCUT2D eigenvalue weighted by Crippen LogP contribution is 2.29. The second-order valence-corrected chi connectivity index (χ2v) is 5.93. The highest BCUT2D eigenvalue weighted by atomic mass is 14.6. The minimum Gasteiger partial charge on any atom is -0.398 e. The Morgan fingerprint density at radius 2 is 1.11 bits per heavy atom. The van der Waals surface area contributed by atoms with Gasteiger partial charge in [-0.15, -0.1) is 0 Å². The maximum Gasteiger partial charge on any atom is 0.0384 e. The van der Waals surface area contributed by atoms with E-state index in [2.05, 4.69) is 45.9 Å². The number of nitrogen functional groups attached to an aromatic ring is 1. The van der Waals surface area contributed by atoms with Crippen LogP contribution in [-0.4, -0.2) is 0 Å². The lowest BCUT2D eigenvalue weighted by atomic mass is 9.93. The van der Waals surface area contributed by atoms with Gasteiger partial charge in [-0.05, 0) is 23.0 Å². The molecule has 1 heteroatoms. The first-order chi connectivity index (χ1) is 8.54. The van der Waals surface area contributed by atoms with E-state index in [-0.39, 0.29) is 0 Å². The molecular formula is C17H29N. The molecule has 0 amide bonds. The van der Waals surface area contributed by atoms with Crippen LogP contribution in [0.2, 0.25) is 0 Å². The Bertz CT molecular complexity index is 315. The summed E-state index contributed by atoms with van der Waals surface area (Å²) in [7, 11) is 0. The average molecular weight is 247 g/mol. The Balaban J connectivity index is 0.000000269. The third-order valence-electron chi connectivity index (χ3n) is 3.67. The predicted molar refractivity (Wildman–Crippen MR) is 82.1 cm³/mol. The fourth-order valence-electron chi connectivity index (χ4n) is 2.49. The van der Waals surface area contributed by atoms with Crippen LogP contribution in [0.3, 0.4) is 0 Å². The van der Waals surface area contributed by atoms with Gasteiger partial charge in [0, 0.05) is 5.69 Å². The first kappa shape index (κ1) is 15.1. The molecule has 2 N–H and O–H groups in total. The molecule has 1 aromatic carbocycles. The minimum absolute atomic E-state index is 0.513. The van der Waals surface area contributed by atoms with Crippen molar-refractivity contribution in [2.75, 3.05) is 5.73 Å². The smallest absolute Gasteiger partial charge is 0.0384 e. The molecule has 1 aliphatic rings. The van der Waals surface area contributed by atoms with Crippen molar-refractivity contribution in [2.45, 2.75) is 71.6 Å². The average Bonchev–Trinajstić information content (AvgIpc) is 2.87. The van der Waals surface area contributed by atoms with Crippen molar-refractivity contribution in [3.8, 4) is 0 Å². The number of hydrogen-bond donors (Lipinski definition) is 1. The van der Waals surface area contributed by atoms with E-state index in [1.807, 2.05) is 0 Å². The Morgan fingerprint density at radius 3 is 1.39 bits per heavy atom. The van der Waals surface area contributed by atoms with E-state index in [1.165, 1.54) is 43.2 Å². The van der Waals surface area contributed by atoms with Gasteiger partial charge in [-0.25, -0.2) is 0 Å². The van der Waals surface area contributed by atoms with Gasteiger partial charge < -0.3 is 5.73 Å². The van der Waals surface area contributed by atoms with Crippen molar-refractivity contribution in [1.82, 2.24) is 0 Å². The van der Waals surface area contributed by atoms with E-state index in [0.717, 1.165) is 5.69 Å². The summed E-state index contributed by atoms with van der Waals surface area (Å²) in [6.07, 6.45) is 7.50. The molecule has 1 aromatic rings. The van der Waals surface area contributed by atoms with Crippen molar-refractivity contribution in [1.29, 1.82) is 0 Å². The predicted octanol–water partition coefficient (Wildman–Crippen LogP) is 5.47. The number of para-hydroxylation sites is 1. The zero-order valence-corrected chi connectivity index (χ0v) is 12.5. The van der Waals surface area contributed by atoms with Crippen molar-refractivity contribution >= 4 is 5.69 Å². The van der Waals surface area contributed by atoms with Crippen molar-refractivity contribution in [3.05, 3.63) is 29.3 Å². The summed E-state index contributed by atoms with van der Waals surface area (Å²) >= 11 is 0. The summed E-state index contributed by atoms with van der Waals surface area (Å²) in [5.41, 5.74) is 9.60. The largest absolute Gasteiger partial charge is 0.398 e. The molecule has 2 rings (SSSR count). The van der Waals surface area contributed by atoms with E-state index in [4.69, 9.17) is 5.73 Å². The topological polar surface area (TPSA) is 26.0 Å². The maximum absolute atomic E-state index is 6.09. The molecule has 0 atom stereocenters. The number of anilines is 1. The molecule has 0 saturated heterocycles. The SMILES string of the molecule is C1CCCC1.CC(C)c1cccc(C(C)C)c1N. The van der Waals surface area contributed by atoms with E-state index >= 15 is 0 Å². The zero-order chi connectivity index (χ0) is 13.5. The molecule has 102 valence electrons. The van der Waals surface area contributed by atoms with Crippen LogP contribution in [-0.2, 0) is 0 Å². The first-order valence-corrected chi connectivity index (χ1v) is 7.42. The summed E-state index contributed by atoms with van der Waals surface area (Å²) < 4.78 is 0. The van der Waals surface area contributed by atoms with Gasteiger partial charge in [0.2, 0.25) is 0 Å². The fraction of sp³-hybridized carbons (Fsp3) is 0.647. The van der Waals surface area contributed by atoms with Crippen molar-refractivity contribution in [3.63, 3.8) is 0 Å². The Labute approximate surface area is 113 Å². The van der Waals surface area contributed by atoms with E-state index in [1.54, 1.807) is 0 Å². The van der Waals surface area contributed by atoms with Gasteiger partial charge in [-0.2, -0.15) is 0 Å². The molecule has 1 aliphatic carbocycles. The third-order valence-corrected chi connectivity index (χ3v) is 3.67. The van der Waals surface area contributed by atoms with Crippen LogP contribution in [0, 0.1) is 0 Å².